The van der Waals surface area contributed by atoms with Gasteiger partial charge in [0.1, 0.15) is 18.5 Å². The number of hydrogen-bond donors (Lipinski definition) is 0. The van der Waals surface area contributed by atoms with E-state index >= 15 is 0 Å². The minimum atomic E-state index is 0.334. The number of hydrogen-bond acceptors (Lipinski definition) is 2. The average molecular weight is 715 g/mol. The zero-order chi connectivity index (χ0) is 34.5. The Morgan fingerprint density at radius 1 is 0.415 bits per heavy atom. The van der Waals surface area contributed by atoms with Crippen LogP contribution >= 0.6 is 0 Å². The van der Waals surface area contributed by atoms with E-state index in [2.05, 4.69) is 6.92 Å². The molecular weight excluding hydrogens is 645 g/mol. The first-order valence-electron chi connectivity index (χ1n) is 24.3. The molecule has 1 saturated heterocycles. The number of rotatable bonds is 8. The van der Waals surface area contributed by atoms with Gasteiger partial charge >= 0.3 is 0 Å². The molecule has 0 aromatic heterocycles. The second-order valence-corrected chi connectivity index (χ2v) is 24.7. The van der Waals surface area contributed by atoms with Crippen LogP contribution < -0.4 is 4.74 Å². The second-order valence-electron chi connectivity index (χ2n) is 24.7. The van der Waals surface area contributed by atoms with Crippen LogP contribution in [0.5, 0.6) is 5.75 Å². The fraction of sp³-hybridized carbons (Fsp3) is 0.882. The molecule has 1 aliphatic heterocycles. The van der Waals surface area contributed by atoms with Crippen molar-refractivity contribution in [1.29, 1.82) is 0 Å². The Kier molecular flexibility index (Phi) is 6.47. The lowest BCUT2D eigenvalue weighted by atomic mass is 9.40. The number of ether oxygens (including phenoxy) is 2. The largest absolute Gasteiger partial charge is 0.490 e. The molecule has 1 heterocycles. The highest BCUT2D eigenvalue weighted by molar-refractivity contribution is 5.67. The van der Waals surface area contributed by atoms with E-state index in [0.717, 1.165) is 84.2 Å². The summed E-state index contributed by atoms with van der Waals surface area (Å²) in [6.45, 7) is 4.44. The summed E-state index contributed by atoms with van der Waals surface area (Å²) in [5.74, 6) is 13.4. The van der Waals surface area contributed by atoms with Gasteiger partial charge in [-0.1, -0.05) is 6.92 Å². The molecule has 0 amide bonds. The third-order valence-corrected chi connectivity index (χ3v) is 21.0. The lowest BCUT2D eigenvalue weighted by Gasteiger charge is -2.64. The first-order valence-corrected chi connectivity index (χ1v) is 24.3. The van der Waals surface area contributed by atoms with Crippen LogP contribution in [0.3, 0.4) is 0 Å². The van der Waals surface area contributed by atoms with Crippen molar-refractivity contribution in [2.24, 2.45) is 71.0 Å². The van der Waals surface area contributed by atoms with Crippen molar-refractivity contribution in [2.75, 3.05) is 13.2 Å². The van der Waals surface area contributed by atoms with Crippen molar-refractivity contribution in [3.05, 3.63) is 27.8 Å². The van der Waals surface area contributed by atoms with Gasteiger partial charge in [-0.15, -0.1) is 0 Å². The Hall–Kier alpha value is -1.02. The van der Waals surface area contributed by atoms with Crippen molar-refractivity contribution in [3.63, 3.8) is 0 Å². The van der Waals surface area contributed by atoms with Crippen molar-refractivity contribution in [3.8, 4) is 5.75 Å². The van der Waals surface area contributed by atoms with Crippen LogP contribution in [0.25, 0.3) is 0 Å². The summed E-state index contributed by atoms with van der Waals surface area (Å²) in [6.07, 6.45) is 38.4. The van der Waals surface area contributed by atoms with Crippen LogP contribution in [0.4, 0.5) is 0 Å². The van der Waals surface area contributed by atoms with Crippen molar-refractivity contribution < 1.29 is 9.47 Å². The molecule has 0 N–H and O–H groups in total. The van der Waals surface area contributed by atoms with Gasteiger partial charge in [0.05, 0.1) is 6.61 Å². The van der Waals surface area contributed by atoms with E-state index in [1.165, 1.54) is 83.5 Å². The minimum Gasteiger partial charge on any atom is -0.490 e. The van der Waals surface area contributed by atoms with E-state index < -0.39 is 0 Å². The summed E-state index contributed by atoms with van der Waals surface area (Å²) in [6, 6.07) is 0. The monoisotopic (exact) mass is 715 g/mol. The Morgan fingerprint density at radius 3 is 0.887 bits per heavy atom. The quantitative estimate of drug-likeness (QED) is 0.250. The van der Waals surface area contributed by atoms with Gasteiger partial charge in [0.15, 0.2) is 0 Å². The van der Waals surface area contributed by atoms with Crippen LogP contribution in [0.1, 0.15) is 189 Å². The SMILES string of the molecule is CCc1c(C23CC4CC(CC(C4)C2)C3)c(C23CC4CC(CC(C4)C2)C3)c(OCC2CO2)c(C23CC4CC(CC(C4)C2)C3)c1C12CC3CC(CC(C3)C1)C2. The molecule has 1 aromatic carbocycles. The van der Waals surface area contributed by atoms with Gasteiger partial charge in [0, 0.05) is 22.0 Å². The summed E-state index contributed by atoms with van der Waals surface area (Å²) in [7, 11) is 0. The third kappa shape index (κ3) is 4.49. The first-order chi connectivity index (χ1) is 25.8. The van der Waals surface area contributed by atoms with Gasteiger partial charge in [0.25, 0.3) is 0 Å². The Labute approximate surface area is 321 Å². The Balaban J connectivity index is 1.10. The summed E-state index contributed by atoms with van der Waals surface area (Å²) >= 11 is 0. The molecule has 16 aliphatic carbocycles. The molecule has 1 unspecified atom stereocenters. The number of benzene rings is 1. The highest BCUT2D eigenvalue weighted by Crippen LogP contribution is 2.73. The standard InChI is InChI=1S/C51H70O2/c1-2-42-43(48-15-29-3-30(16-48)5-31(4-29)17-48)45(50-21-35-9-36(22-50)11-37(10-35)23-50)47(53-28-41-27-52-41)46(51-24-38-12-39(25-51)14-40(13-38)26-51)44(42)49-18-32-6-33(19-49)8-34(7-32)20-49/h29-41H,2-28H2,1H3. The maximum atomic E-state index is 7.95. The van der Waals surface area contributed by atoms with Gasteiger partial charge in [0.2, 0.25) is 0 Å². The van der Waals surface area contributed by atoms with Crippen LogP contribution in [-0.2, 0) is 32.8 Å². The summed E-state index contributed by atoms with van der Waals surface area (Å²) < 4.78 is 14.0. The highest BCUT2D eigenvalue weighted by Gasteiger charge is 2.63. The molecule has 16 bridgehead atoms. The van der Waals surface area contributed by atoms with Gasteiger partial charge in [-0.2, -0.15) is 0 Å². The molecule has 18 rings (SSSR count). The molecule has 0 radical (unpaired) electrons. The van der Waals surface area contributed by atoms with Crippen molar-refractivity contribution in [1.82, 2.24) is 0 Å². The lowest BCUT2D eigenvalue weighted by molar-refractivity contribution is -0.0251. The maximum absolute atomic E-state index is 7.95. The molecule has 1 atom stereocenters. The third-order valence-electron chi connectivity index (χ3n) is 21.0. The highest BCUT2D eigenvalue weighted by atomic mass is 16.6. The van der Waals surface area contributed by atoms with Gasteiger partial charge in [-0.25, -0.2) is 0 Å². The van der Waals surface area contributed by atoms with E-state index in [1.807, 2.05) is 27.8 Å². The molecule has 17 fully saturated rings. The normalized spacial score (nSPS) is 55.5. The fourth-order valence-corrected chi connectivity index (χ4v) is 21.5. The molecule has 16 saturated carbocycles. The molecule has 17 aliphatic rings. The van der Waals surface area contributed by atoms with Crippen molar-refractivity contribution >= 4 is 0 Å². The van der Waals surface area contributed by atoms with E-state index in [4.69, 9.17) is 9.47 Å². The summed E-state index contributed by atoms with van der Waals surface area (Å²) in [4.78, 5) is 0. The van der Waals surface area contributed by atoms with E-state index in [-0.39, 0.29) is 0 Å². The lowest BCUT2D eigenvalue weighted by Crippen LogP contribution is -2.55. The molecule has 1 aromatic rings. The minimum absolute atomic E-state index is 0.334. The van der Waals surface area contributed by atoms with Crippen LogP contribution in [0.2, 0.25) is 0 Å². The molecule has 53 heavy (non-hydrogen) atoms. The maximum Gasteiger partial charge on any atom is 0.127 e. The van der Waals surface area contributed by atoms with Crippen LogP contribution in [0.15, 0.2) is 0 Å². The van der Waals surface area contributed by atoms with E-state index in [1.54, 1.807) is 82.8 Å². The van der Waals surface area contributed by atoms with Gasteiger partial charge < -0.3 is 9.47 Å². The number of epoxide rings is 1. The molecule has 2 heteroatoms. The zero-order valence-electron chi connectivity index (χ0n) is 33.4. The molecule has 0 spiro atoms. The van der Waals surface area contributed by atoms with Crippen LogP contribution in [-0.4, -0.2) is 19.3 Å². The predicted octanol–water partition coefficient (Wildman–Crippen LogP) is 11.9. The second kappa shape index (κ2) is 10.7. The Morgan fingerprint density at radius 2 is 0.660 bits per heavy atom. The molecule has 2 nitrogen and oxygen atoms in total. The summed E-state index contributed by atoms with van der Waals surface area (Å²) in [5, 5.41) is 0. The molecular formula is C51H70O2. The van der Waals surface area contributed by atoms with E-state index in [0.29, 0.717) is 27.8 Å². The topological polar surface area (TPSA) is 21.8 Å². The Bertz CT molecular complexity index is 1470. The molecule has 286 valence electrons. The van der Waals surface area contributed by atoms with Crippen LogP contribution in [0, 0.1) is 71.0 Å². The van der Waals surface area contributed by atoms with Crippen molar-refractivity contribution in [2.45, 2.75) is 195 Å². The zero-order valence-corrected chi connectivity index (χ0v) is 33.4. The predicted molar refractivity (Wildman–Crippen MR) is 210 cm³/mol. The summed E-state index contributed by atoms with van der Waals surface area (Å²) in [5.41, 5.74) is 11.6. The van der Waals surface area contributed by atoms with E-state index in [9.17, 15) is 0 Å². The fourth-order valence-electron chi connectivity index (χ4n) is 21.5. The van der Waals surface area contributed by atoms with Gasteiger partial charge in [-0.05, 0) is 259 Å². The smallest absolute Gasteiger partial charge is 0.127 e. The first kappa shape index (κ1) is 32.0. The average Bonchev–Trinajstić information content (AvgIpc) is 3.92. The van der Waals surface area contributed by atoms with Gasteiger partial charge in [-0.3, -0.25) is 0 Å².